The van der Waals surface area contributed by atoms with Gasteiger partial charge in [0, 0.05) is 18.0 Å². The monoisotopic (exact) mass is 235 g/mol. The Morgan fingerprint density at radius 3 is 2.75 bits per heavy atom. The van der Waals surface area contributed by atoms with E-state index in [-0.39, 0.29) is 0 Å². The first-order valence-electron chi connectivity index (χ1n) is 4.69. The van der Waals surface area contributed by atoms with Crippen LogP contribution in [0.15, 0.2) is 30.6 Å². The first-order valence-corrected chi connectivity index (χ1v) is 5.07. The van der Waals surface area contributed by atoms with Crippen LogP contribution < -0.4 is 5.73 Å². The summed E-state index contributed by atoms with van der Waals surface area (Å²) in [6.45, 7) is 1.87. The van der Waals surface area contributed by atoms with E-state index in [0.29, 0.717) is 10.6 Å². The highest BCUT2D eigenvalue weighted by atomic mass is 35.5. The molecule has 1 aromatic carbocycles. The number of benzene rings is 1. The third kappa shape index (κ3) is 1.79. The van der Waals surface area contributed by atoms with Gasteiger partial charge in [-0.05, 0) is 25.1 Å². The number of rotatable bonds is 2. The van der Waals surface area contributed by atoms with Gasteiger partial charge in [-0.2, -0.15) is 0 Å². The second kappa shape index (κ2) is 3.98. The standard InChI is InChI=1S/C11H10ClN3O/c1-7-14-4-5-15(7)10-3-2-8(11(13)16)6-9(10)12/h2-6H,1H3,(H2,13,16). The fourth-order valence-corrected chi connectivity index (χ4v) is 1.76. The Kier molecular flexibility index (Phi) is 2.66. The Bertz CT molecular complexity index is 548. The van der Waals surface area contributed by atoms with Crippen molar-refractivity contribution < 1.29 is 4.79 Å². The van der Waals surface area contributed by atoms with Crippen molar-refractivity contribution in [3.8, 4) is 5.69 Å². The van der Waals surface area contributed by atoms with Crippen molar-refractivity contribution in [3.05, 3.63) is 47.0 Å². The van der Waals surface area contributed by atoms with Gasteiger partial charge in [0.2, 0.25) is 5.91 Å². The summed E-state index contributed by atoms with van der Waals surface area (Å²) in [6.07, 6.45) is 3.49. The summed E-state index contributed by atoms with van der Waals surface area (Å²) < 4.78 is 1.84. The zero-order valence-electron chi connectivity index (χ0n) is 8.64. The van der Waals surface area contributed by atoms with E-state index in [1.165, 1.54) is 0 Å². The Morgan fingerprint density at radius 2 is 2.25 bits per heavy atom. The third-order valence-corrected chi connectivity index (χ3v) is 2.62. The number of aromatic nitrogens is 2. The van der Waals surface area contributed by atoms with Crippen LogP contribution in [0.4, 0.5) is 0 Å². The molecular formula is C11H10ClN3O. The van der Waals surface area contributed by atoms with Crippen LogP contribution in [0.3, 0.4) is 0 Å². The van der Waals surface area contributed by atoms with E-state index >= 15 is 0 Å². The predicted molar refractivity (Wildman–Crippen MR) is 61.8 cm³/mol. The van der Waals surface area contributed by atoms with Gasteiger partial charge in [0.1, 0.15) is 5.82 Å². The number of nitrogens with two attached hydrogens (primary N) is 1. The van der Waals surface area contributed by atoms with Crippen molar-refractivity contribution in [2.24, 2.45) is 5.73 Å². The molecule has 1 aromatic heterocycles. The number of hydrogen-bond donors (Lipinski definition) is 1. The van der Waals surface area contributed by atoms with Gasteiger partial charge in [-0.15, -0.1) is 0 Å². The summed E-state index contributed by atoms with van der Waals surface area (Å²) in [5.74, 6) is 0.338. The van der Waals surface area contributed by atoms with Crippen LogP contribution >= 0.6 is 11.6 Å². The van der Waals surface area contributed by atoms with Gasteiger partial charge in [0.25, 0.3) is 0 Å². The van der Waals surface area contributed by atoms with Crippen LogP contribution in [0.1, 0.15) is 16.2 Å². The minimum absolute atomic E-state index is 0.395. The van der Waals surface area contributed by atoms with Gasteiger partial charge in [-0.25, -0.2) is 4.98 Å². The van der Waals surface area contributed by atoms with Gasteiger partial charge in [-0.3, -0.25) is 4.79 Å². The number of imidazole rings is 1. The molecule has 0 fully saturated rings. The van der Waals surface area contributed by atoms with Crippen LogP contribution in [0.5, 0.6) is 0 Å². The van der Waals surface area contributed by atoms with Gasteiger partial charge >= 0.3 is 0 Å². The molecule has 0 unspecified atom stereocenters. The third-order valence-electron chi connectivity index (χ3n) is 2.32. The van der Waals surface area contributed by atoms with E-state index in [1.54, 1.807) is 30.6 Å². The average Bonchev–Trinajstić information content (AvgIpc) is 2.64. The minimum atomic E-state index is -0.490. The Balaban J connectivity index is 2.52. The lowest BCUT2D eigenvalue weighted by molar-refractivity contribution is 0.100. The van der Waals surface area contributed by atoms with Crippen LogP contribution in [-0.2, 0) is 0 Å². The minimum Gasteiger partial charge on any atom is -0.366 e. The maximum Gasteiger partial charge on any atom is 0.248 e. The smallest absolute Gasteiger partial charge is 0.248 e. The lowest BCUT2D eigenvalue weighted by Crippen LogP contribution is -2.11. The molecule has 0 radical (unpaired) electrons. The highest BCUT2D eigenvalue weighted by Crippen LogP contribution is 2.22. The molecule has 2 N–H and O–H groups in total. The summed E-state index contributed by atoms with van der Waals surface area (Å²) in [6, 6.07) is 4.94. The Morgan fingerprint density at radius 1 is 1.50 bits per heavy atom. The average molecular weight is 236 g/mol. The number of carbonyl (C=O) groups excluding carboxylic acids is 1. The molecular weight excluding hydrogens is 226 g/mol. The summed E-state index contributed by atoms with van der Waals surface area (Å²) in [4.78, 5) is 15.1. The lowest BCUT2D eigenvalue weighted by Gasteiger charge is -2.08. The topological polar surface area (TPSA) is 60.9 Å². The number of amides is 1. The van der Waals surface area contributed by atoms with Crippen LogP contribution in [0, 0.1) is 6.92 Å². The fourth-order valence-electron chi connectivity index (χ4n) is 1.49. The van der Waals surface area contributed by atoms with Gasteiger partial charge in [0.05, 0.1) is 10.7 Å². The molecule has 16 heavy (non-hydrogen) atoms. The number of nitrogens with zero attached hydrogens (tertiary/aromatic N) is 2. The number of hydrogen-bond acceptors (Lipinski definition) is 2. The van der Waals surface area contributed by atoms with E-state index in [0.717, 1.165) is 11.5 Å². The fraction of sp³-hybridized carbons (Fsp3) is 0.0909. The Labute approximate surface area is 97.7 Å². The molecule has 0 saturated heterocycles. The molecule has 1 heterocycles. The quantitative estimate of drug-likeness (QED) is 0.865. The number of primary amides is 1. The van der Waals surface area contributed by atoms with Crippen molar-refractivity contribution >= 4 is 17.5 Å². The zero-order valence-corrected chi connectivity index (χ0v) is 9.40. The van der Waals surface area contributed by atoms with Crippen molar-refractivity contribution in [1.29, 1.82) is 0 Å². The summed E-state index contributed by atoms with van der Waals surface area (Å²) >= 11 is 6.08. The molecule has 0 atom stereocenters. The number of carbonyl (C=O) groups is 1. The second-order valence-electron chi connectivity index (χ2n) is 3.37. The van der Waals surface area contributed by atoms with Crippen molar-refractivity contribution in [2.75, 3.05) is 0 Å². The normalized spacial score (nSPS) is 10.4. The largest absolute Gasteiger partial charge is 0.366 e. The molecule has 0 aliphatic heterocycles. The molecule has 2 rings (SSSR count). The molecule has 4 nitrogen and oxygen atoms in total. The van der Waals surface area contributed by atoms with Crippen molar-refractivity contribution in [2.45, 2.75) is 6.92 Å². The maximum atomic E-state index is 11.0. The van der Waals surface area contributed by atoms with E-state index in [4.69, 9.17) is 17.3 Å². The van der Waals surface area contributed by atoms with Crippen LogP contribution in [0.25, 0.3) is 5.69 Å². The van der Waals surface area contributed by atoms with E-state index < -0.39 is 5.91 Å². The van der Waals surface area contributed by atoms with Crippen LogP contribution in [-0.4, -0.2) is 15.5 Å². The summed E-state index contributed by atoms with van der Waals surface area (Å²) in [5.41, 5.74) is 6.34. The first-order chi connectivity index (χ1) is 7.59. The molecule has 2 aromatic rings. The molecule has 0 bridgehead atoms. The van der Waals surface area contributed by atoms with E-state index in [1.807, 2.05) is 11.5 Å². The summed E-state index contributed by atoms with van der Waals surface area (Å²) in [7, 11) is 0. The second-order valence-corrected chi connectivity index (χ2v) is 3.78. The van der Waals surface area contributed by atoms with Crippen molar-refractivity contribution in [3.63, 3.8) is 0 Å². The first kappa shape index (κ1) is 10.7. The highest BCUT2D eigenvalue weighted by molar-refractivity contribution is 6.32. The van der Waals surface area contributed by atoms with E-state index in [2.05, 4.69) is 4.98 Å². The molecule has 0 saturated carbocycles. The molecule has 1 amide bonds. The predicted octanol–water partition coefficient (Wildman–Crippen LogP) is 1.93. The van der Waals surface area contributed by atoms with Gasteiger partial charge in [-0.1, -0.05) is 11.6 Å². The lowest BCUT2D eigenvalue weighted by atomic mass is 10.2. The van der Waals surface area contributed by atoms with Crippen LogP contribution in [0.2, 0.25) is 5.02 Å². The highest BCUT2D eigenvalue weighted by Gasteiger charge is 2.08. The summed E-state index contributed by atoms with van der Waals surface area (Å²) in [5, 5.41) is 0.470. The maximum absolute atomic E-state index is 11.0. The SMILES string of the molecule is Cc1nccn1-c1ccc(C(N)=O)cc1Cl. The number of aryl methyl sites for hydroxylation is 1. The molecule has 82 valence electrons. The van der Waals surface area contributed by atoms with Gasteiger partial charge in [0.15, 0.2) is 0 Å². The molecule has 0 aliphatic rings. The molecule has 0 spiro atoms. The molecule has 0 aliphatic carbocycles. The number of halogens is 1. The molecule has 5 heteroatoms. The van der Waals surface area contributed by atoms with Gasteiger partial charge < -0.3 is 10.3 Å². The van der Waals surface area contributed by atoms with Crippen molar-refractivity contribution in [1.82, 2.24) is 9.55 Å². The Hall–Kier alpha value is -1.81. The zero-order chi connectivity index (χ0) is 11.7. The van der Waals surface area contributed by atoms with E-state index in [9.17, 15) is 4.79 Å².